The van der Waals surface area contributed by atoms with Gasteiger partial charge >= 0.3 is 6.09 Å². The molecule has 10 heteroatoms. The fourth-order valence-electron chi connectivity index (χ4n) is 6.74. The van der Waals surface area contributed by atoms with E-state index in [-0.39, 0.29) is 23.9 Å². The van der Waals surface area contributed by atoms with Crippen LogP contribution in [0.4, 0.5) is 16.2 Å². The number of amides is 3. The summed E-state index contributed by atoms with van der Waals surface area (Å²) in [6.07, 6.45) is 4.79. The van der Waals surface area contributed by atoms with Crippen molar-refractivity contribution in [3.8, 4) is 11.1 Å². The minimum atomic E-state index is -0.926. The maximum Gasteiger partial charge on any atom is 0.412 e. The van der Waals surface area contributed by atoms with E-state index in [4.69, 9.17) is 0 Å². The first-order chi connectivity index (χ1) is 24.7. The number of hydrogen-bond donors (Lipinski definition) is 3. The van der Waals surface area contributed by atoms with Gasteiger partial charge in [0.15, 0.2) is 0 Å². The van der Waals surface area contributed by atoms with Crippen molar-refractivity contribution in [2.45, 2.75) is 70.9 Å². The topological polar surface area (TPSA) is 108 Å². The average Bonchev–Trinajstić information content (AvgIpc) is 3.14. The quantitative estimate of drug-likeness (QED) is 0.117. The third-order valence-corrected chi connectivity index (χ3v) is 9.79. The highest BCUT2D eigenvalue weighted by Crippen LogP contribution is 2.34. The smallest absolute Gasteiger partial charge is 0.412 e. The summed E-state index contributed by atoms with van der Waals surface area (Å²) in [6, 6.07) is 25.4. The van der Waals surface area contributed by atoms with Crippen LogP contribution >= 0.6 is 0 Å². The molecule has 3 N–H and O–H groups in total. The molecule has 0 saturated carbocycles. The van der Waals surface area contributed by atoms with E-state index in [1.807, 2.05) is 103 Å². The molecule has 0 radical (unpaired) electrons. The van der Waals surface area contributed by atoms with Gasteiger partial charge in [-0.15, -0.1) is 0 Å². The van der Waals surface area contributed by atoms with Crippen molar-refractivity contribution >= 4 is 29.3 Å². The molecular formula is C41H58N6O4. The van der Waals surface area contributed by atoms with E-state index in [0.717, 1.165) is 100 Å². The van der Waals surface area contributed by atoms with Crippen LogP contribution in [-0.4, -0.2) is 110 Å². The van der Waals surface area contributed by atoms with Gasteiger partial charge < -0.3 is 30.4 Å². The van der Waals surface area contributed by atoms with Crippen LogP contribution in [0.5, 0.6) is 0 Å². The number of unbranched alkanes of at least 4 members (excludes halogenated alkanes) is 2. The Morgan fingerprint density at radius 1 is 0.843 bits per heavy atom. The molecular weight excluding hydrogens is 640 g/mol. The van der Waals surface area contributed by atoms with Gasteiger partial charge in [0.05, 0.1) is 5.69 Å². The maximum atomic E-state index is 13.0. The molecule has 10 nitrogen and oxygen atoms in total. The number of para-hydroxylation sites is 1. The lowest BCUT2D eigenvalue weighted by molar-refractivity contribution is -0.130. The summed E-state index contributed by atoms with van der Waals surface area (Å²) in [6.45, 7) is 9.56. The summed E-state index contributed by atoms with van der Waals surface area (Å²) in [7, 11) is 3.80. The first-order valence-electron chi connectivity index (χ1n) is 18.6. The summed E-state index contributed by atoms with van der Waals surface area (Å²) >= 11 is 0. The molecule has 1 fully saturated rings. The highest BCUT2D eigenvalue weighted by Gasteiger charge is 2.30. The van der Waals surface area contributed by atoms with Crippen molar-refractivity contribution in [3.05, 3.63) is 84.4 Å². The predicted octanol–water partition coefficient (Wildman–Crippen LogP) is 6.89. The van der Waals surface area contributed by atoms with E-state index in [2.05, 4.69) is 29.4 Å². The molecule has 1 saturated heterocycles. The van der Waals surface area contributed by atoms with Crippen molar-refractivity contribution in [2.24, 2.45) is 0 Å². The Hall–Kier alpha value is -4.41. The van der Waals surface area contributed by atoms with Crippen LogP contribution in [0.2, 0.25) is 0 Å². The zero-order chi connectivity index (χ0) is 36.6. The molecule has 3 amide bonds. The first kappa shape index (κ1) is 39.4. The van der Waals surface area contributed by atoms with Gasteiger partial charge in [0.2, 0.25) is 5.91 Å². The number of piperidine rings is 1. The monoisotopic (exact) mass is 698 g/mol. The number of hydrogen-bond acceptors (Lipinski definition) is 6. The van der Waals surface area contributed by atoms with E-state index >= 15 is 0 Å². The summed E-state index contributed by atoms with van der Waals surface area (Å²) < 4.78 is 0. The molecule has 3 aromatic carbocycles. The largest absolute Gasteiger partial charge is 0.465 e. The number of likely N-dealkylation sites (tertiary alicyclic amines) is 1. The Morgan fingerprint density at radius 3 is 2.20 bits per heavy atom. The molecule has 1 aliphatic rings. The van der Waals surface area contributed by atoms with Crippen molar-refractivity contribution in [3.63, 3.8) is 0 Å². The summed E-state index contributed by atoms with van der Waals surface area (Å²) in [5, 5.41) is 16.8. The van der Waals surface area contributed by atoms with Crippen LogP contribution in [0.25, 0.3) is 11.1 Å². The lowest BCUT2D eigenvalue weighted by Crippen LogP contribution is -2.48. The van der Waals surface area contributed by atoms with Crippen LogP contribution in [0.1, 0.15) is 69.2 Å². The van der Waals surface area contributed by atoms with E-state index in [1.165, 1.54) is 0 Å². The Morgan fingerprint density at radius 2 is 1.53 bits per heavy atom. The third kappa shape index (κ3) is 11.8. The number of carbonyl (C=O) groups is 3. The number of rotatable bonds is 19. The van der Waals surface area contributed by atoms with Crippen LogP contribution in [0.3, 0.4) is 0 Å². The third-order valence-electron chi connectivity index (χ3n) is 9.79. The zero-order valence-corrected chi connectivity index (χ0v) is 31.0. The van der Waals surface area contributed by atoms with Gasteiger partial charge in [-0.1, -0.05) is 55.0 Å². The van der Waals surface area contributed by atoms with Crippen LogP contribution in [0, 0.1) is 0 Å². The highest BCUT2D eigenvalue weighted by molar-refractivity contribution is 5.95. The summed E-state index contributed by atoms with van der Waals surface area (Å²) in [5.41, 5.74) is 4.34. The van der Waals surface area contributed by atoms with E-state index in [1.54, 1.807) is 4.90 Å². The molecule has 276 valence electrons. The van der Waals surface area contributed by atoms with Gasteiger partial charge in [-0.3, -0.25) is 14.5 Å². The molecule has 3 aromatic rings. The van der Waals surface area contributed by atoms with Crippen molar-refractivity contribution in [1.82, 2.24) is 20.0 Å². The molecule has 0 spiro atoms. The Bertz CT molecular complexity index is 1510. The Balaban J connectivity index is 1.12. The number of nitrogens with zero attached hydrogens (tertiary/aromatic N) is 4. The van der Waals surface area contributed by atoms with Gasteiger partial charge in [-0.2, -0.15) is 0 Å². The molecule has 0 aliphatic carbocycles. The number of likely N-dealkylation sites (N-methyl/N-ethyl adjacent to an activating group) is 1. The molecule has 0 unspecified atom stereocenters. The molecule has 0 atom stereocenters. The predicted molar refractivity (Wildman–Crippen MR) is 208 cm³/mol. The fourth-order valence-corrected chi connectivity index (χ4v) is 6.74. The summed E-state index contributed by atoms with van der Waals surface area (Å²) in [5.74, 6) is 0.227. The summed E-state index contributed by atoms with van der Waals surface area (Å²) in [4.78, 5) is 46.0. The molecule has 51 heavy (non-hydrogen) atoms. The van der Waals surface area contributed by atoms with E-state index in [9.17, 15) is 19.5 Å². The zero-order valence-electron chi connectivity index (χ0n) is 31.0. The first-order valence-corrected chi connectivity index (χ1v) is 18.6. The van der Waals surface area contributed by atoms with E-state index < -0.39 is 6.09 Å². The SMILES string of the molecule is CNCCCN(C(=O)c1ccc(NCCCCCC(=O)N(C)CCN2CCC(N(C(=O)O)c3ccccc3-c3ccccc3)CC2)cc1)C(C)C. The molecule has 4 rings (SSSR count). The number of nitrogens with one attached hydrogen (secondary N) is 2. The molecule has 0 aromatic heterocycles. The normalized spacial score (nSPS) is 13.6. The van der Waals surface area contributed by atoms with Gasteiger partial charge in [0.1, 0.15) is 0 Å². The van der Waals surface area contributed by atoms with Crippen LogP contribution < -0.4 is 15.5 Å². The average molecular weight is 699 g/mol. The fraction of sp³-hybridized carbons (Fsp3) is 0.488. The molecule has 1 aliphatic heterocycles. The maximum absolute atomic E-state index is 13.0. The number of carboxylic acid groups (broad SMARTS) is 1. The lowest BCUT2D eigenvalue weighted by atomic mass is 9.98. The Kier molecular flexibility index (Phi) is 15.8. The number of carbonyl (C=O) groups excluding carboxylic acids is 2. The van der Waals surface area contributed by atoms with Crippen LogP contribution in [-0.2, 0) is 4.79 Å². The number of anilines is 2. The minimum absolute atomic E-state index is 0.0654. The van der Waals surface area contributed by atoms with Crippen molar-refractivity contribution < 1.29 is 19.5 Å². The van der Waals surface area contributed by atoms with Gasteiger partial charge in [-0.25, -0.2) is 4.79 Å². The van der Waals surface area contributed by atoms with Crippen molar-refractivity contribution in [2.75, 3.05) is 70.1 Å². The van der Waals surface area contributed by atoms with Gasteiger partial charge in [0.25, 0.3) is 5.91 Å². The second-order valence-electron chi connectivity index (χ2n) is 13.8. The number of benzene rings is 3. The molecule has 0 bridgehead atoms. The second kappa shape index (κ2) is 20.4. The molecule has 1 heterocycles. The van der Waals surface area contributed by atoms with Gasteiger partial charge in [-0.05, 0) is 95.4 Å². The second-order valence-corrected chi connectivity index (χ2v) is 13.8. The van der Waals surface area contributed by atoms with E-state index in [0.29, 0.717) is 18.5 Å². The minimum Gasteiger partial charge on any atom is -0.465 e. The van der Waals surface area contributed by atoms with Crippen LogP contribution in [0.15, 0.2) is 78.9 Å². The lowest BCUT2D eigenvalue weighted by Gasteiger charge is -2.38. The highest BCUT2D eigenvalue weighted by atomic mass is 16.4. The van der Waals surface area contributed by atoms with Gasteiger partial charge in [0, 0.05) is 81.6 Å². The Labute approximate surface area is 304 Å². The van der Waals surface area contributed by atoms with Crippen molar-refractivity contribution in [1.29, 1.82) is 0 Å². The standard InChI is InChI=1S/C41H58N6O4/c1-32(2)46(27-13-25-42-3)40(49)34-19-21-35(22-20-34)43-26-12-6-9-18-39(48)44(4)30-31-45-28-23-36(24-29-45)47(41(50)51)38-17-11-10-16-37(38)33-14-7-5-8-15-33/h5,7-8,10-11,14-17,19-22,32,36,42-43H,6,9,12-13,18,23-31H2,1-4H3,(H,50,51).